The summed E-state index contributed by atoms with van der Waals surface area (Å²) in [6.45, 7) is 1.69. The van der Waals surface area contributed by atoms with E-state index in [0.717, 1.165) is 5.56 Å². The smallest absolute Gasteiger partial charge is 0.251 e. The minimum Gasteiger partial charge on any atom is -0.497 e. The molecule has 5 nitrogen and oxygen atoms in total. The summed E-state index contributed by atoms with van der Waals surface area (Å²) < 4.78 is 5.03. The van der Waals surface area contributed by atoms with Crippen molar-refractivity contribution in [2.45, 2.75) is 6.92 Å². The van der Waals surface area contributed by atoms with E-state index >= 15 is 0 Å². The Kier molecular flexibility index (Phi) is 5.60. The quantitative estimate of drug-likeness (QED) is 0.884. The molecule has 0 radical (unpaired) electrons. The number of ether oxygens (including phenoxy) is 1. The van der Waals surface area contributed by atoms with Crippen LogP contribution in [0, 0.1) is 6.92 Å². The highest BCUT2D eigenvalue weighted by atomic mass is 35.5. The molecule has 2 aromatic rings. The average molecular weight is 333 g/mol. The van der Waals surface area contributed by atoms with Crippen LogP contribution in [0.3, 0.4) is 0 Å². The van der Waals surface area contributed by atoms with Crippen molar-refractivity contribution < 1.29 is 14.3 Å². The highest BCUT2D eigenvalue weighted by Crippen LogP contribution is 2.22. The van der Waals surface area contributed by atoms with Crippen LogP contribution in [0.2, 0.25) is 5.02 Å². The molecule has 0 saturated heterocycles. The van der Waals surface area contributed by atoms with Crippen LogP contribution in [0.15, 0.2) is 42.5 Å². The van der Waals surface area contributed by atoms with Crippen LogP contribution < -0.4 is 15.4 Å². The number of carbonyl (C=O) groups is 2. The third-order valence-electron chi connectivity index (χ3n) is 3.30. The summed E-state index contributed by atoms with van der Waals surface area (Å²) >= 11 is 6.00. The molecular formula is C17H17ClN2O3. The molecule has 0 aromatic heterocycles. The van der Waals surface area contributed by atoms with E-state index in [1.54, 1.807) is 49.6 Å². The Morgan fingerprint density at radius 2 is 1.83 bits per heavy atom. The molecule has 0 fully saturated rings. The van der Waals surface area contributed by atoms with Crippen molar-refractivity contribution in [2.75, 3.05) is 19.0 Å². The fourth-order valence-corrected chi connectivity index (χ4v) is 2.12. The van der Waals surface area contributed by atoms with Crippen LogP contribution in [0.4, 0.5) is 5.69 Å². The number of anilines is 1. The minimum absolute atomic E-state index is 0.128. The molecule has 120 valence electrons. The zero-order valence-electron chi connectivity index (χ0n) is 12.9. The third-order valence-corrected chi connectivity index (χ3v) is 3.71. The third kappa shape index (κ3) is 4.47. The Labute approximate surface area is 139 Å². The lowest BCUT2D eigenvalue weighted by Crippen LogP contribution is -2.32. The first-order chi connectivity index (χ1) is 11.0. The van der Waals surface area contributed by atoms with Crippen molar-refractivity contribution in [3.8, 4) is 5.75 Å². The van der Waals surface area contributed by atoms with E-state index in [4.69, 9.17) is 16.3 Å². The summed E-state index contributed by atoms with van der Waals surface area (Å²) in [4.78, 5) is 23.9. The molecule has 2 rings (SSSR count). The maximum absolute atomic E-state index is 12.0. The van der Waals surface area contributed by atoms with Crippen LogP contribution in [-0.2, 0) is 4.79 Å². The fraction of sp³-hybridized carbons (Fsp3) is 0.176. The van der Waals surface area contributed by atoms with Gasteiger partial charge in [-0.15, -0.1) is 0 Å². The fourth-order valence-electron chi connectivity index (χ4n) is 1.94. The number of nitrogens with one attached hydrogen (secondary N) is 2. The Bertz CT molecular complexity index is 714. The van der Waals surface area contributed by atoms with Crippen LogP contribution in [0.5, 0.6) is 5.75 Å². The number of methoxy groups -OCH3 is 1. The molecule has 0 aliphatic carbocycles. The van der Waals surface area contributed by atoms with E-state index < -0.39 is 0 Å². The van der Waals surface area contributed by atoms with Gasteiger partial charge in [0.15, 0.2) is 0 Å². The molecule has 23 heavy (non-hydrogen) atoms. The molecule has 0 atom stereocenters. The number of hydrogen-bond donors (Lipinski definition) is 2. The molecule has 2 amide bonds. The van der Waals surface area contributed by atoms with Crippen molar-refractivity contribution in [1.82, 2.24) is 5.32 Å². The maximum atomic E-state index is 12.0. The van der Waals surface area contributed by atoms with Crippen molar-refractivity contribution in [1.29, 1.82) is 0 Å². The van der Waals surface area contributed by atoms with Gasteiger partial charge in [0.05, 0.1) is 13.7 Å². The van der Waals surface area contributed by atoms with Crippen LogP contribution in [0.1, 0.15) is 15.9 Å². The molecule has 0 aliphatic rings. The normalized spacial score (nSPS) is 10.0. The van der Waals surface area contributed by atoms with Gasteiger partial charge in [-0.2, -0.15) is 0 Å². The predicted octanol–water partition coefficient (Wildman–Crippen LogP) is 3.03. The van der Waals surface area contributed by atoms with Crippen molar-refractivity contribution >= 4 is 29.1 Å². The zero-order valence-corrected chi connectivity index (χ0v) is 13.6. The topological polar surface area (TPSA) is 67.4 Å². The van der Waals surface area contributed by atoms with E-state index in [1.165, 1.54) is 0 Å². The second-order valence-corrected chi connectivity index (χ2v) is 5.28. The van der Waals surface area contributed by atoms with Crippen molar-refractivity contribution in [3.05, 3.63) is 58.6 Å². The Morgan fingerprint density at radius 1 is 1.13 bits per heavy atom. The number of amides is 2. The monoisotopic (exact) mass is 332 g/mol. The van der Waals surface area contributed by atoms with Gasteiger partial charge in [0.2, 0.25) is 5.91 Å². The largest absolute Gasteiger partial charge is 0.497 e. The summed E-state index contributed by atoms with van der Waals surface area (Å²) in [6, 6.07) is 11.9. The number of carbonyl (C=O) groups excluding carboxylic acids is 2. The van der Waals surface area contributed by atoms with Crippen LogP contribution in [0.25, 0.3) is 0 Å². The van der Waals surface area contributed by atoms with Crippen molar-refractivity contribution in [2.24, 2.45) is 0 Å². The summed E-state index contributed by atoms with van der Waals surface area (Å²) in [5, 5.41) is 5.86. The number of rotatable bonds is 5. The molecule has 6 heteroatoms. The highest BCUT2D eigenvalue weighted by molar-refractivity contribution is 6.31. The molecule has 0 heterocycles. The SMILES string of the molecule is COc1ccc(C(=O)NCC(=O)Nc2cccc(Cl)c2C)cc1. The first-order valence-corrected chi connectivity index (χ1v) is 7.36. The van der Waals surface area contributed by atoms with Gasteiger partial charge in [0, 0.05) is 16.3 Å². The Hall–Kier alpha value is -2.53. The van der Waals surface area contributed by atoms with E-state index in [1.807, 2.05) is 6.92 Å². The van der Waals surface area contributed by atoms with E-state index in [-0.39, 0.29) is 18.4 Å². The van der Waals surface area contributed by atoms with Gasteiger partial charge in [-0.3, -0.25) is 9.59 Å². The lowest BCUT2D eigenvalue weighted by atomic mass is 10.2. The first kappa shape index (κ1) is 16.8. The second-order valence-electron chi connectivity index (χ2n) is 4.87. The standard InChI is InChI=1S/C17H17ClN2O3/c1-11-14(18)4-3-5-15(11)20-16(21)10-19-17(22)12-6-8-13(23-2)9-7-12/h3-9H,10H2,1-2H3,(H,19,22)(H,20,21). The molecule has 0 saturated carbocycles. The Morgan fingerprint density at radius 3 is 2.48 bits per heavy atom. The molecule has 0 bridgehead atoms. The van der Waals surface area contributed by atoms with Gasteiger partial charge in [-0.05, 0) is 48.9 Å². The molecule has 2 aromatic carbocycles. The molecule has 0 aliphatic heterocycles. The number of hydrogen-bond acceptors (Lipinski definition) is 3. The zero-order chi connectivity index (χ0) is 16.8. The lowest BCUT2D eigenvalue weighted by Gasteiger charge is -2.10. The molecule has 0 unspecified atom stereocenters. The van der Waals surface area contributed by atoms with E-state index in [2.05, 4.69) is 10.6 Å². The van der Waals surface area contributed by atoms with Gasteiger partial charge in [-0.1, -0.05) is 17.7 Å². The van der Waals surface area contributed by atoms with Gasteiger partial charge in [0.25, 0.3) is 5.91 Å². The van der Waals surface area contributed by atoms with Gasteiger partial charge < -0.3 is 15.4 Å². The maximum Gasteiger partial charge on any atom is 0.251 e. The highest BCUT2D eigenvalue weighted by Gasteiger charge is 2.10. The van der Waals surface area contributed by atoms with Crippen LogP contribution in [-0.4, -0.2) is 25.5 Å². The van der Waals surface area contributed by atoms with Gasteiger partial charge in [-0.25, -0.2) is 0 Å². The van der Waals surface area contributed by atoms with E-state index in [0.29, 0.717) is 22.0 Å². The summed E-state index contributed by atoms with van der Waals surface area (Å²) in [5.41, 5.74) is 1.86. The van der Waals surface area contributed by atoms with Gasteiger partial charge in [0.1, 0.15) is 5.75 Å². The lowest BCUT2D eigenvalue weighted by molar-refractivity contribution is -0.115. The average Bonchev–Trinajstić information content (AvgIpc) is 2.57. The van der Waals surface area contributed by atoms with Gasteiger partial charge >= 0.3 is 0 Å². The summed E-state index contributed by atoms with van der Waals surface area (Å²) in [7, 11) is 1.55. The second kappa shape index (κ2) is 7.65. The Balaban J connectivity index is 1.90. The predicted molar refractivity (Wildman–Crippen MR) is 90.1 cm³/mol. The summed E-state index contributed by atoms with van der Waals surface area (Å²) in [5.74, 6) is 0.0126. The molecular weight excluding hydrogens is 316 g/mol. The van der Waals surface area contributed by atoms with Crippen LogP contribution >= 0.6 is 11.6 Å². The number of benzene rings is 2. The first-order valence-electron chi connectivity index (χ1n) is 6.98. The summed E-state index contributed by atoms with van der Waals surface area (Å²) in [6.07, 6.45) is 0. The van der Waals surface area contributed by atoms with E-state index in [9.17, 15) is 9.59 Å². The van der Waals surface area contributed by atoms with Crippen molar-refractivity contribution in [3.63, 3.8) is 0 Å². The molecule has 0 spiro atoms. The number of halogens is 1. The molecule has 2 N–H and O–H groups in total. The minimum atomic E-state index is -0.328.